The molecule has 1 rings (SSSR count). The van der Waals surface area contributed by atoms with Crippen LogP contribution >= 0.6 is 0 Å². The molecule has 0 spiro atoms. The summed E-state index contributed by atoms with van der Waals surface area (Å²) in [4.78, 5) is 14.2. The average molecular weight is 167 g/mol. The Kier molecular flexibility index (Phi) is 2.33. The third kappa shape index (κ3) is 1.28. The molecule has 2 N–H and O–H groups in total. The summed E-state index contributed by atoms with van der Waals surface area (Å²) in [7, 11) is 0. The second-order valence-electron chi connectivity index (χ2n) is 2.94. The quantitative estimate of drug-likeness (QED) is 0.653. The first-order valence-electron chi connectivity index (χ1n) is 3.87. The second kappa shape index (κ2) is 3.11. The molecule has 0 saturated carbocycles. The molecule has 0 saturated heterocycles. The van der Waals surface area contributed by atoms with E-state index >= 15 is 0 Å². The Balaban J connectivity index is 3.32. The van der Waals surface area contributed by atoms with E-state index in [1.807, 2.05) is 13.8 Å². The number of aromatic amines is 1. The SMILES string of the molecule is CC(=O)c1c(C)[nH]c(C)c1CO. The lowest BCUT2D eigenvalue weighted by molar-refractivity contribution is 0.101. The zero-order chi connectivity index (χ0) is 9.30. The van der Waals surface area contributed by atoms with Crippen molar-refractivity contribution in [1.82, 2.24) is 4.98 Å². The minimum atomic E-state index is -0.0783. The van der Waals surface area contributed by atoms with Crippen LogP contribution in [0.2, 0.25) is 0 Å². The highest BCUT2D eigenvalue weighted by Crippen LogP contribution is 2.18. The van der Waals surface area contributed by atoms with Crippen molar-refractivity contribution in [3.63, 3.8) is 0 Å². The summed E-state index contributed by atoms with van der Waals surface area (Å²) >= 11 is 0. The van der Waals surface area contributed by atoms with Gasteiger partial charge in [0.2, 0.25) is 0 Å². The zero-order valence-corrected chi connectivity index (χ0v) is 7.56. The second-order valence-corrected chi connectivity index (χ2v) is 2.94. The molecule has 0 aliphatic rings. The highest BCUT2D eigenvalue weighted by atomic mass is 16.3. The lowest BCUT2D eigenvalue weighted by Crippen LogP contribution is -1.98. The summed E-state index contributed by atoms with van der Waals surface area (Å²) < 4.78 is 0. The van der Waals surface area contributed by atoms with Crippen molar-refractivity contribution < 1.29 is 9.90 Å². The van der Waals surface area contributed by atoms with Crippen molar-refractivity contribution in [2.75, 3.05) is 0 Å². The van der Waals surface area contributed by atoms with E-state index in [2.05, 4.69) is 4.98 Å². The van der Waals surface area contributed by atoms with Crippen molar-refractivity contribution in [2.24, 2.45) is 0 Å². The van der Waals surface area contributed by atoms with E-state index in [1.165, 1.54) is 6.92 Å². The summed E-state index contributed by atoms with van der Waals surface area (Å²) in [5.41, 5.74) is 3.07. The number of carbonyl (C=O) groups is 1. The predicted octanol–water partition coefficient (Wildman–Crippen LogP) is 1.33. The number of hydrogen-bond donors (Lipinski definition) is 2. The molecule has 0 amide bonds. The van der Waals surface area contributed by atoms with Gasteiger partial charge in [0.1, 0.15) is 0 Å². The van der Waals surface area contributed by atoms with Gasteiger partial charge in [0.15, 0.2) is 5.78 Å². The number of rotatable bonds is 2. The summed E-state index contributed by atoms with van der Waals surface area (Å²) in [5, 5.41) is 8.99. The fourth-order valence-corrected chi connectivity index (χ4v) is 1.51. The first-order valence-corrected chi connectivity index (χ1v) is 3.87. The smallest absolute Gasteiger partial charge is 0.161 e. The number of hydrogen-bond acceptors (Lipinski definition) is 2. The summed E-state index contributed by atoms with van der Waals surface area (Å²) in [5.74, 6) is 0.000833. The molecule has 66 valence electrons. The van der Waals surface area contributed by atoms with Crippen molar-refractivity contribution in [3.8, 4) is 0 Å². The number of aliphatic hydroxyl groups is 1. The standard InChI is InChI=1S/C9H13NO2/c1-5-8(4-11)9(7(3)12)6(2)10-5/h10-11H,4H2,1-3H3. The highest BCUT2D eigenvalue weighted by molar-refractivity contribution is 5.97. The fourth-order valence-electron chi connectivity index (χ4n) is 1.51. The fraction of sp³-hybridized carbons (Fsp3) is 0.444. The molecule has 12 heavy (non-hydrogen) atoms. The summed E-state index contributed by atoms with van der Waals surface area (Å²) in [6.45, 7) is 5.12. The zero-order valence-electron chi connectivity index (χ0n) is 7.56. The minimum Gasteiger partial charge on any atom is -0.392 e. The maximum Gasteiger partial charge on any atom is 0.161 e. The number of aryl methyl sites for hydroxylation is 2. The Morgan fingerprint density at radius 3 is 2.33 bits per heavy atom. The van der Waals surface area contributed by atoms with Gasteiger partial charge in [-0.1, -0.05) is 0 Å². The van der Waals surface area contributed by atoms with Gasteiger partial charge < -0.3 is 10.1 Å². The van der Waals surface area contributed by atoms with E-state index in [1.54, 1.807) is 0 Å². The molecule has 3 heteroatoms. The normalized spacial score (nSPS) is 10.3. The van der Waals surface area contributed by atoms with E-state index in [4.69, 9.17) is 5.11 Å². The molecular weight excluding hydrogens is 154 g/mol. The molecule has 0 fully saturated rings. The van der Waals surface area contributed by atoms with Gasteiger partial charge in [-0.05, 0) is 20.8 Å². The Bertz CT molecular complexity index is 313. The van der Waals surface area contributed by atoms with E-state index in [0.717, 1.165) is 17.0 Å². The van der Waals surface area contributed by atoms with Gasteiger partial charge in [-0.15, -0.1) is 0 Å². The minimum absolute atomic E-state index is 0.000833. The topological polar surface area (TPSA) is 53.1 Å². The van der Waals surface area contributed by atoms with Gasteiger partial charge in [0, 0.05) is 22.5 Å². The van der Waals surface area contributed by atoms with Crippen LogP contribution in [0, 0.1) is 13.8 Å². The Morgan fingerprint density at radius 2 is 2.00 bits per heavy atom. The molecule has 0 aliphatic carbocycles. The number of ketones is 1. The van der Waals surface area contributed by atoms with Crippen LogP contribution in [0.15, 0.2) is 0 Å². The molecule has 0 bridgehead atoms. The van der Waals surface area contributed by atoms with Crippen molar-refractivity contribution in [2.45, 2.75) is 27.4 Å². The van der Waals surface area contributed by atoms with Gasteiger partial charge in [-0.25, -0.2) is 0 Å². The first-order chi connectivity index (χ1) is 5.57. The number of H-pyrrole nitrogens is 1. The largest absolute Gasteiger partial charge is 0.392 e. The molecule has 0 radical (unpaired) electrons. The van der Waals surface area contributed by atoms with Gasteiger partial charge in [-0.2, -0.15) is 0 Å². The maximum absolute atomic E-state index is 11.1. The Labute approximate surface area is 71.4 Å². The van der Waals surface area contributed by atoms with Crippen LogP contribution in [0.1, 0.15) is 34.2 Å². The van der Waals surface area contributed by atoms with Gasteiger partial charge in [-0.3, -0.25) is 4.79 Å². The van der Waals surface area contributed by atoms with E-state index in [9.17, 15) is 4.79 Å². The van der Waals surface area contributed by atoms with Crippen LogP contribution in [0.4, 0.5) is 0 Å². The van der Waals surface area contributed by atoms with Gasteiger partial charge in [0.05, 0.1) is 6.61 Å². The molecule has 0 unspecified atom stereocenters. The van der Waals surface area contributed by atoms with Crippen LogP contribution in [0.5, 0.6) is 0 Å². The van der Waals surface area contributed by atoms with Crippen LogP contribution in [0.3, 0.4) is 0 Å². The van der Waals surface area contributed by atoms with Crippen LogP contribution in [-0.4, -0.2) is 15.9 Å². The summed E-state index contributed by atoms with van der Waals surface area (Å²) in [6.07, 6.45) is 0. The molecule has 0 aromatic carbocycles. The molecule has 1 heterocycles. The number of Topliss-reactive ketones (excluding diaryl/α,β-unsaturated/α-hetero) is 1. The third-order valence-electron chi connectivity index (χ3n) is 2.01. The molecule has 3 nitrogen and oxygen atoms in total. The number of aliphatic hydroxyl groups excluding tert-OH is 1. The van der Waals surface area contributed by atoms with Gasteiger partial charge in [0.25, 0.3) is 0 Å². The van der Waals surface area contributed by atoms with Crippen LogP contribution in [-0.2, 0) is 6.61 Å². The van der Waals surface area contributed by atoms with Crippen molar-refractivity contribution in [3.05, 3.63) is 22.5 Å². The predicted molar refractivity (Wildman–Crippen MR) is 46.2 cm³/mol. The van der Waals surface area contributed by atoms with Crippen molar-refractivity contribution in [1.29, 1.82) is 0 Å². The molecule has 0 atom stereocenters. The molecule has 0 aliphatic heterocycles. The van der Waals surface area contributed by atoms with Crippen molar-refractivity contribution >= 4 is 5.78 Å². The Morgan fingerprint density at radius 1 is 1.42 bits per heavy atom. The van der Waals surface area contributed by atoms with E-state index in [-0.39, 0.29) is 12.4 Å². The molecular formula is C9H13NO2. The summed E-state index contributed by atoms with van der Waals surface area (Å²) in [6, 6.07) is 0. The van der Waals surface area contributed by atoms with Crippen LogP contribution < -0.4 is 0 Å². The van der Waals surface area contributed by atoms with Gasteiger partial charge >= 0.3 is 0 Å². The Hall–Kier alpha value is -1.09. The van der Waals surface area contributed by atoms with Crippen LogP contribution in [0.25, 0.3) is 0 Å². The molecule has 1 aromatic rings. The number of carbonyl (C=O) groups excluding carboxylic acids is 1. The van der Waals surface area contributed by atoms with E-state index < -0.39 is 0 Å². The number of aromatic nitrogens is 1. The number of nitrogens with one attached hydrogen (secondary N) is 1. The van der Waals surface area contributed by atoms with E-state index in [0.29, 0.717) is 5.56 Å². The first kappa shape index (κ1) is 9.00. The third-order valence-corrected chi connectivity index (χ3v) is 2.01. The average Bonchev–Trinajstić information content (AvgIpc) is 2.24. The maximum atomic E-state index is 11.1. The molecule has 1 aromatic heterocycles. The lowest BCUT2D eigenvalue weighted by atomic mass is 10.1. The highest BCUT2D eigenvalue weighted by Gasteiger charge is 2.14. The monoisotopic (exact) mass is 167 g/mol. The lowest BCUT2D eigenvalue weighted by Gasteiger charge is -1.97.